The molecule has 1 aromatic carbocycles. The van der Waals surface area contributed by atoms with Crippen LogP contribution in [-0.2, 0) is 11.3 Å². The standard InChI is InChI=1S/C19H22ClN3O2/c1-13-16(7-8-18(25)21-19(12-24)9-10-19)14(2)23(22-13)11-15-5-3-4-6-17(15)20/h3-8,24H,9-12H2,1-2H3,(H,21,25)/b8-7+. The minimum absolute atomic E-state index is 0.0135. The van der Waals surface area contributed by atoms with Gasteiger partial charge in [0, 0.05) is 22.4 Å². The molecular weight excluding hydrogens is 338 g/mol. The number of amides is 1. The van der Waals surface area contributed by atoms with E-state index in [0.717, 1.165) is 35.4 Å². The normalized spacial score (nSPS) is 15.5. The van der Waals surface area contributed by atoms with Crippen molar-refractivity contribution in [3.05, 3.63) is 57.9 Å². The number of hydrogen-bond donors (Lipinski definition) is 2. The molecule has 0 aliphatic heterocycles. The molecule has 0 bridgehead atoms. The Hall–Kier alpha value is -2.11. The molecule has 0 unspecified atom stereocenters. The molecule has 132 valence electrons. The predicted molar refractivity (Wildman–Crippen MR) is 98.5 cm³/mol. The van der Waals surface area contributed by atoms with Gasteiger partial charge in [0.25, 0.3) is 0 Å². The minimum Gasteiger partial charge on any atom is -0.394 e. The van der Waals surface area contributed by atoms with Gasteiger partial charge >= 0.3 is 0 Å². The topological polar surface area (TPSA) is 67.2 Å². The average molecular weight is 360 g/mol. The lowest BCUT2D eigenvalue weighted by Gasteiger charge is -2.11. The number of aliphatic hydroxyl groups is 1. The largest absolute Gasteiger partial charge is 0.394 e. The Kier molecular flexibility index (Phi) is 4.97. The van der Waals surface area contributed by atoms with E-state index in [-0.39, 0.29) is 12.5 Å². The summed E-state index contributed by atoms with van der Waals surface area (Å²) in [7, 11) is 0. The number of benzene rings is 1. The van der Waals surface area contributed by atoms with Gasteiger partial charge in [-0.2, -0.15) is 5.10 Å². The third-order valence-electron chi connectivity index (χ3n) is 4.66. The van der Waals surface area contributed by atoms with Crippen LogP contribution in [0.4, 0.5) is 0 Å². The van der Waals surface area contributed by atoms with E-state index in [4.69, 9.17) is 11.6 Å². The van der Waals surface area contributed by atoms with E-state index < -0.39 is 5.54 Å². The van der Waals surface area contributed by atoms with Crippen LogP contribution >= 0.6 is 11.6 Å². The van der Waals surface area contributed by atoms with Crippen molar-refractivity contribution < 1.29 is 9.90 Å². The number of hydrogen-bond acceptors (Lipinski definition) is 3. The fourth-order valence-electron chi connectivity index (χ4n) is 2.83. The van der Waals surface area contributed by atoms with Crippen LogP contribution in [0.5, 0.6) is 0 Å². The second-order valence-electron chi connectivity index (χ2n) is 6.59. The Morgan fingerprint density at radius 2 is 2.12 bits per heavy atom. The highest BCUT2D eigenvalue weighted by Crippen LogP contribution is 2.34. The third kappa shape index (κ3) is 3.94. The summed E-state index contributed by atoms with van der Waals surface area (Å²) in [6, 6.07) is 7.69. The van der Waals surface area contributed by atoms with Crippen LogP contribution in [0.25, 0.3) is 6.08 Å². The lowest BCUT2D eigenvalue weighted by molar-refractivity contribution is -0.117. The smallest absolute Gasteiger partial charge is 0.244 e. The van der Waals surface area contributed by atoms with Gasteiger partial charge in [0.1, 0.15) is 0 Å². The van der Waals surface area contributed by atoms with Gasteiger partial charge in [-0.15, -0.1) is 0 Å². The van der Waals surface area contributed by atoms with E-state index in [9.17, 15) is 9.90 Å². The first-order valence-corrected chi connectivity index (χ1v) is 8.70. The number of carbonyl (C=O) groups excluding carboxylic acids is 1. The zero-order chi connectivity index (χ0) is 18.0. The maximum absolute atomic E-state index is 12.0. The molecule has 0 radical (unpaired) electrons. The molecule has 1 fully saturated rings. The summed E-state index contributed by atoms with van der Waals surface area (Å²) >= 11 is 6.23. The second kappa shape index (κ2) is 7.02. The number of aryl methyl sites for hydroxylation is 1. The van der Waals surface area contributed by atoms with Crippen molar-refractivity contribution >= 4 is 23.6 Å². The number of nitrogens with zero attached hydrogens (tertiary/aromatic N) is 2. The van der Waals surface area contributed by atoms with Gasteiger partial charge in [-0.1, -0.05) is 29.8 Å². The van der Waals surface area contributed by atoms with Crippen molar-refractivity contribution in [2.45, 2.75) is 38.8 Å². The monoisotopic (exact) mass is 359 g/mol. The van der Waals surface area contributed by atoms with Crippen LogP contribution in [0.3, 0.4) is 0 Å². The van der Waals surface area contributed by atoms with E-state index in [2.05, 4.69) is 10.4 Å². The minimum atomic E-state index is -0.403. The molecule has 0 atom stereocenters. The average Bonchev–Trinajstić information content (AvgIpc) is 3.30. The number of nitrogens with one attached hydrogen (secondary N) is 1. The quantitative estimate of drug-likeness (QED) is 0.779. The molecule has 0 saturated heterocycles. The zero-order valence-corrected chi connectivity index (χ0v) is 15.2. The molecule has 1 aromatic heterocycles. The second-order valence-corrected chi connectivity index (χ2v) is 7.00. The first-order valence-electron chi connectivity index (χ1n) is 8.33. The number of halogens is 1. The summed E-state index contributed by atoms with van der Waals surface area (Å²) in [4.78, 5) is 12.0. The highest BCUT2D eigenvalue weighted by molar-refractivity contribution is 6.31. The molecular formula is C19H22ClN3O2. The molecule has 1 saturated carbocycles. The number of rotatable bonds is 6. The molecule has 2 N–H and O–H groups in total. The highest BCUT2D eigenvalue weighted by atomic mass is 35.5. The van der Waals surface area contributed by atoms with E-state index in [1.54, 1.807) is 6.08 Å². The molecule has 2 aromatic rings. The third-order valence-corrected chi connectivity index (χ3v) is 5.03. The van der Waals surface area contributed by atoms with E-state index in [0.29, 0.717) is 11.6 Å². The van der Waals surface area contributed by atoms with Gasteiger partial charge in [0.05, 0.1) is 24.4 Å². The van der Waals surface area contributed by atoms with Gasteiger partial charge in [-0.3, -0.25) is 9.48 Å². The fourth-order valence-corrected chi connectivity index (χ4v) is 3.02. The summed E-state index contributed by atoms with van der Waals surface area (Å²) in [6.45, 7) is 4.47. The predicted octanol–water partition coefficient (Wildman–Crippen LogP) is 2.86. The fraction of sp³-hybridized carbons (Fsp3) is 0.368. The Morgan fingerprint density at radius 3 is 2.76 bits per heavy atom. The Labute approximate surface area is 152 Å². The van der Waals surface area contributed by atoms with E-state index in [1.807, 2.05) is 42.8 Å². The first kappa shape index (κ1) is 17.7. The summed E-state index contributed by atoms with van der Waals surface area (Å²) in [6.07, 6.45) is 4.95. The van der Waals surface area contributed by atoms with Crippen LogP contribution in [-0.4, -0.2) is 32.9 Å². The van der Waals surface area contributed by atoms with E-state index >= 15 is 0 Å². The number of aromatic nitrogens is 2. The first-order chi connectivity index (χ1) is 11.9. The van der Waals surface area contributed by atoms with Crippen molar-refractivity contribution in [2.75, 3.05) is 6.61 Å². The van der Waals surface area contributed by atoms with Crippen LogP contribution in [0.2, 0.25) is 5.02 Å². The van der Waals surface area contributed by atoms with Crippen LogP contribution < -0.4 is 5.32 Å². The van der Waals surface area contributed by atoms with Gasteiger partial charge in [0.2, 0.25) is 5.91 Å². The molecule has 3 rings (SSSR count). The van der Waals surface area contributed by atoms with Crippen molar-refractivity contribution in [3.8, 4) is 0 Å². The van der Waals surface area contributed by atoms with E-state index in [1.165, 1.54) is 6.08 Å². The summed E-state index contributed by atoms with van der Waals surface area (Å²) in [5.74, 6) is -0.191. The summed E-state index contributed by atoms with van der Waals surface area (Å²) in [5.41, 5.74) is 3.36. The molecule has 1 aliphatic rings. The van der Waals surface area contributed by atoms with Crippen molar-refractivity contribution in [1.82, 2.24) is 15.1 Å². The SMILES string of the molecule is Cc1nn(Cc2ccccc2Cl)c(C)c1/C=C/C(=O)NC1(CO)CC1. The van der Waals surface area contributed by atoms with Crippen molar-refractivity contribution in [2.24, 2.45) is 0 Å². The maximum Gasteiger partial charge on any atom is 0.244 e. The molecule has 6 heteroatoms. The molecule has 25 heavy (non-hydrogen) atoms. The molecule has 5 nitrogen and oxygen atoms in total. The van der Waals surface area contributed by atoms with Gasteiger partial charge in [-0.05, 0) is 44.4 Å². The van der Waals surface area contributed by atoms with Crippen molar-refractivity contribution in [1.29, 1.82) is 0 Å². The molecule has 1 aliphatic carbocycles. The van der Waals surface area contributed by atoms with Crippen LogP contribution in [0.15, 0.2) is 30.3 Å². The highest BCUT2D eigenvalue weighted by Gasteiger charge is 2.42. The number of aliphatic hydroxyl groups excluding tert-OH is 1. The Morgan fingerprint density at radius 1 is 1.40 bits per heavy atom. The maximum atomic E-state index is 12.0. The lowest BCUT2D eigenvalue weighted by Crippen LogP contribution is -2.38. The van der Waals surface area contributed by atoms with Gasteiger partial charge in [-0.25, -0.2) is 0 Å². The molecule has 1 amide bonds. The van der Waals surface area contributed by atoms with Gasteiger partial charge in [0.15, 0.2) is 0 Å². The summed E-state index contributed by atoms with van der Waals surface area (Å²) in [5, 5.41) is 17.4. The van der Waals surface area contributed by atoms with Crippen LogP contribution in [0, 0.1) is 13.8 Å². The summed E-state index contributed by atoms with van der Waals surface area (Å²) < 4.78 is 1.89. The Bertz CT molecular complexity index is 822. The van der Waals surface area contributed by atoms with Crippen molar-refractivity contribution in [3.63, 3.8) is 0 Å². The van der Waals surface area contributed by atoms with Crippen LogP contribution in [0.1, 0.15) is 35.4 Å². The number of carbonyl (C=O) groups is 1. The zero-order valence-electron chi connectivity index (χ0n) is 14.4. The molecule has 1 heterocycles. The lowest BCUT2D eigenvalue weighted by atomic mass is 10.1. The van der Waals surface area contributed by atoms with Gasteiger partial charge < -0.3 is 10.4 Å². The molecule has 0 spiro atoms. The Balaban J connectivity index is 1.74.